The quantitative estimate of drug-likeness (QED) is 0.371. The average Bonchev–Trinajstić information content (AvgIpc) is 3.61. The summed E-state index contributed by atoms with van der Waals surface area (Å²) in [5, 5.41) is 3.19. The van der Waals surface area contributed by atoms with Crippen molar-refractivity contribution in [2.24, 2.45) is 0 Å². The maximum atomic E-state index is 14.3. The highest BCUT2D eigenvalue weighted by Crippen LogP contribution is 2.45. The predicted molar refractivity (Wildman–Crippen MR) is 133 cm³/mol. The molecule has 1 fully saturated rings. The summed E-state index contributed by atoms with van der Waals surface area (Å²) >= 11 is 0. The molecule has 2 aliphatic rings. The van der Waals surface area contributed by atoms with Crippen LogP contribution in [0.25, 0.3) is 33.9 Å². The van der Waals surface area contributed by atoms with Gasteiger partial charge < -0.3 is 19.0 Å². The lowest BCUT2D eigenvalue weighted by molar-refractivity contribution is 0.396. The number of halogens is 1. The zero-order valence-electron chi connectivity index (χ0n) is 20.2. The SMILES string of the molecule is COc1ncnc(C2CC2)c1-c1nc2ccnc(Cc3ccc(-c4nc(F)c5n4CCNC5)cc3)c2o1. The van der Waals surface area contributed by atoms with E-state index in [1.807, 2.05) is 34.9 Å². The van der Waals surface area contributed by atoms with Gasteiger partial charge in [0.25, 0.3) is 0 Å². The molecule has 0 atom stereocenters. The molecule has 186 valence electrons. The molecular formula is C27H24FN7O2. The van der Waals surface area contributed by atoms with Crippen LogP contribution in [0.3, 0.4) is 0 Å². The molecule has 10 heteroatoms. The van der Waals surface area contributed by atoms with Crippen molar-refractivity contribution in [3.63, 3.8) is 0 Å². The summed E-state index contributed by atoms with van der Waals surface area (Å²) in [6, 6.07) is 9.84. The Hall–Kier alpha value is -4.18. The third kappa shape index (κ3) is 3.84. The fourth-order valence-corrected chi connectivity index (χ4v) is 4.99. The number of oxazole rings is 1. The number of ether oxygens (including phenoxy) is 1. The minimum Gasteiger partial charge on any atom is -0.480 e. The highest BCUT2D eigenvalue weighted by Gasteiger charge is 2.32. The first-order valence-corrected chi connectivity index (χ1v) is 12.4. The smallest absolute Gasteiger partial charge is 0.235 e. The number of rotatable bonds is 6. The largest absolute Gasteiger partial charge is 0.480 e. The first-order chi connectivity index (χ1) is 18.2. The molecule has 1 aliphatic carbocycles. The number of methoxy groups -OCH3 is 1. The van der Waals surface area contributed by atoms with Crippen molar-refractivity contribution < 1.29 is 13.5 Å². The lowest BCUT2D eigenvalue weighted by atomic mass is 10.1. The molecule has 7 rings (SSSR count). The van der Waals surface area contributed by atoms with Crippen molar-refractivity contribution in [1.29, 1.82) is 0 Å². The van der Waals surface area contributed by atoms with Crippen molar-refractivity contribution in [3.05, 3.63) is 71.4 Å². The summed E-state index contributed by atoms with van der Waals surface area (Å²) in [6.07, 6.45) is 6.00. The molecule has 4 aromatic heterocycles. The fourth-order valence-electron chi connectivity index (χ4n) is 4.99. The third-order valence-electron chi connectivity index (χ3n) is 7.00. The summed E-state index contributed by atoms with van der Waals surface area (Å²) in [5.74, 6) is 1.53. The van der Waals surface area contributed by atoms with Gasteiger partial charge in [-0.25, -0.2) is 15.0 Å². The zero-order chi connectivity index (χ0) is 24.9. The molecule has 1 N–H and O–H groups in total. The Morgan fingerprint density at radius 3 is 2.78 bits per heavy atom. The lowest BCUT2D eigenvalue weighted by Gasteiger charge is -2.17. The van der Waals surface area contributed by atoms with Crippen LogP contribution in [0.2, 0.25) is 0 Å². The zero-order valence-corrected chi connectivity index (χ0v) is 20.2. The van der Waals surface area contributed by atoms with E-state index in [1.165, 1.54) is 6.33 Å². The van der Waals surface area contributed by atoms with Crippen LogP contribution in [0, 0.1) is 5.95 Å². The van der Waals surface area contributed by atoms with E-state index in [0.717, 1.165) is 47.4 Å². The Labute approximate surface area is 211 Å². The van der Waals surface area contributed by atoms with E-state index in [0.29, 0.717) is 59.9 Å². The van der Waals surface area contributed by atoms with Crippen molar-refractivity contribution in [3.8, 4) is 28.7 Å². The van der Waals surface area contributed by atoms with Gasteiger partial charge in [-0.3, -0.25) is 4.98 Å². The van der Waals surface area contributed by atoms with E-state index in [2.05, 4.69) is 25.3 Å². The normalized spacial score (nSPS) is 15.2. The van der Waals surface area contributed by atoms with Gasteiger partial charge in [0.2, 0.25) is 17.7 Å². The number of hydrogen-bond acceptors (Lipinski definition) is 8. The number of benzene rings is 1. The number of pyridine rings is 1. The van der Waals surface area contributed by atoms with Gasteiger partial charge in [0.1, 0.15) is 23.2 Å². The summed E-state index contributed by atoms with van der Waals surface area (Å²) in [5.41, 5.74) is 6.29. The molecule has 5 heterocycles. The molecule has 9 nitrogen and oxygen atoms in total. The molecule has 1 aromatic carbocycles. The summed E-state index contributed by atoms with van der Waals surface area (Å²) in [6.45, 7) is 1.99. The molecule has 1 aliphatic heterocycles. The molecule has 37 heavy (non-hydrogen) atoms. The van der Waals surface area contributed by atoms with Gasteiger partial charge in [0, 0.05) is 43.7 Å². The van der Waals surface area contributed by atoms with Crippen molar-refractivity contribution in [2.45, 2.75) is 38.3 Å². The van der Waals surface area contributed by atoms with Crippen molar-refractivity contribution in [2.75, 3.05) is 13.7 Å². The molecule has 0 spiro atoms. The lowest BCUT2D eigenvalue weighted by Crippen LogP contribution is -2.28. The standard InChI is InChI=1S/C27H24FN7O2/c1-36-26-21(22(16-6-7-16)31-14-32-26)27-33-18-8-9-30-19(23(18)37-27)12-15-2-4-17(5-3-15)25-34-24(28)20-13-29-10-11-35(20)25/h2-5,8-9,14,16,29H,6-7,10-13H2,1H3. The Balaban J connectivity index is 1.21. The molecule has 0 unspecified atom stereocenters. The number of imidazole rings is 1. The monoisotopic (exact) mass is 497 g/mol. The topological polar surface area (TPSA) is 104 Å². The molecule has 1 saturated carbocycles. The van der Waals surface area contributed by atoms with E-state index >= 15 is 0 Å². The number of hydrogen-bond donors (Lipinski definition) is 1. The van der Waals surface area contributed by atoms with E-state index < -0.39 is 5.95 Å². The Bertz CT molecular complexity index is 1620. The second kappa shape index (κ2) is 8.74. The Kier molecular flexibility index (Phi) is 5.21. The van der Waals surface area contributed by atoms with Crippen molar-refractivity contribution in [1.82, 2.24) is 34.8 Å². The molecular weight excluding hydrogens is 473 g/mol. The number of aromatic nitrogens is 6. The van der Waals surface area contributed by atoms with Gasteiger partial charge in [0.05, 0.1) is 24.2 Å². The van der Waals surface area contributed by atoms with E-state index in [1.54, 1.807) is 13.3 Å². The Morgan fingerprint density at radius 1 is 1.11 bits per heavy atom. The minimum atomic E-state index is -0.409. The molecule has 0 radical (unpaired) electrons. The molecule has 0 bridgehead atoms. The predicted octanol–water partition coefficient (Wildman–Crippen LogP) is 4.26. The average molecular weight is 498 g/mol. The maximum Gasteiger partial charge on any atom is 0.235 e. The van der Waals surface area contributed by atoms with Crippen LogP contribution in [0.5, 0.6) is 5.88 Å². The van der Waals surface area contributed by atoms with Crippen LogP contribution < -0.4 is 10.1 Å². The highest BCUT2D eigenvalue weighted by molar-refractivity contribution is 5.79. The van der Waals surface area contributed by atoms with E-state index in [9.17, 15) is 4.39 Å². The fraction of sp³-hybridized carbons (Fsp3) is 0.296. The van der Waals surface area contributed by atoms with E-state index in [-0.39, 0.29) is 0 Å². The molecule has 0 amide bonds. The number of fused-ring (bicyclic) bond motifs is 2. The Morgan fingerprint density at radius 2 is 1.97 bits per heavy atom. The summed E-state index contributed by atoms with van der Waals surface area (Å²) in [7, 11) is 1.59. The first-order valence-electron chi connectivity index (χ1n) is 12.4. The first kappa shape index (κ1) is 22.1. The van der Waals surface area contributed by atoms with Crippen LogP contribution in [0.4, 0.5) is 4.39 Å². The van der Waals surface area contributed by atoms with E-state index in [4.69, 9.17) is 14.1 Å². The molecule has 0 saturated heterocycles. The van der Waals surface area contributed by atoms with Crippen LogP contribution >= 0.6 is 0 Å². The van der Waals surface area contributed by atoms with Crippen LogP contribution in [-0.2, 0) is 19.5 Å². The molecule has 5 aromatic rings. The third-order valence-corrected chi connectivity index (χ3v) is 7.00. The van der Waals surface area contributed by atoms with Crippen molar-refractivity contribution >= 4 is 11.1 Å². The second-order valence-electron chi connectivity index (χ2n) is 9.42. The van der Waals surface area contributed by atoms with Gasteiger partial charge in [-0.15, -0.1) is 0 Å². The van der Waals surface area contributed by atoms with Gasteiger partial charge in [-0.1, -0.05) is 24.3 Å². The number of nitrogens with one attached hydrogen (secondary N) is 1. The van der Waals surface area contributed by atoms with Crippen LogP contribution in [-0.4, -0.2) is 43.1 Å². The van der Waals surface area contributed by atoms with Gasteiger partial charge in [-0.05, 0) is 24.5 Å². The minimum absolute atomic E-state index is 0.378. The highest BCUT2D eigenvalue weighted by atomic mass is 19.1. The number of nitrogens with zero attached hydrogens (tertiary/aromatic N) is 6. The van der Waals surface area contributed by atoms with Gasteiger partial charge in [0.15, 0.2) is 5.58 Å². The van der Waals surface area contributed by atoms with Crippen LogP contribution in [0.1, 0.15) is 41.4 Å². The second-order valence-corrected chi connectivity index (χ2v) is 9.42. The van der Waals surface area contributed by atoms with Gasteiger partial charge in [-0.2, -0.15) is 9.37 Å². The van der Waals surface area contributed by atoms with Gasteiger partial charge >= 0.3 is 0 Å². The summed E-state index contributed by atoms with van der Waals surface area (Å²) in [4.78, 5) is 22.3. The maximum absolute atomic E-state index is 14.3. The summed E-state index contributed by atoms with van der Waals surface area (Å²) < 4.78 is 28.1. The van der Waals surface area contributed by atoms with Crippen LogP contribution in [0.15, 0.2) is 47.3 Å².